The number of aromatic nitrogens is 2. The van der Waals surface area contributed by atoms with Gasteiger partial charge in [0.1, 0.15) is 5.75 Å². The van der Waals surface area contributed by atoms with Crippen molar-refractivity contribution in [1.29, 1.82) is 0 Å². The fourth-order valence-corrected chi connectivity index (χ4v) is 3.13. The van der Waals surface area contributed by atoms with Gasteiger partial charge in [-0.2, -0.15) is 0 Å². The highest BCUT2D eigenvalue weighted by Crippen LogP contribution is 2.30. The molecule has 1 heterocycles. The third-order valence-electron chi connectivity index (χ3n) is 3.82. The maximum Gasteiger partial charge on any atom is 0.277 e. The first kappa shape index (κ1) is 19.0. The highest BCUT2D eigenvalue weighted by molar-refractivity contribution is 7.99. The molecule has 0 fully saturated rings. The lowest BCUT2D eigenvalue weighted by molar-refractivity contribution is -0.113. The maximum absolute atomic E-state index is 12.2. The van der Waals surface area contributed by atoms with Crippen molar-refractivity contribution in [2.75, 3.05) is 17.7 Å². The van der Waals surface area contributed by atoms with Crippen molar-refractivity contribution in [3.05, 3.63) is 54.1 Å². The van der Waals surface area contributed by atoms with Crippen molar-refractivity contribution >= 4 is 23.4 Å². The third-order valence-corrected chi connectivity index (χ3v) is 4.64. The number of anilines is 1. The van der Waals surface area contributed by atoms with E-state index < -0.39 is 0 Å². The van der Waals surface area contributed by atoms with E-state index in [4.69, 9.17) is 9.15 Å². The van der Waals surface area contributed by atoms with E-state index in [-0.39, 0.29) is 11.7 Å². The summed E-state index contributed by atoms with van der Waals surface area (Å²) in [5.41, 5.74) is 2.67. The number of thioether (sulfide) groups is 1. The summed E-state index contributed by atoms with van der Waals surface area (Å²) < 4.78 is 11.3. The summed E-state index contributed by atoms with van der Waals surface area (Å²) in [6, 6.07) is 15.3. The predicted molar refractivity (Wildman–Crippen MR) is 106 cm³/mol. The van der Waals surface area contributed by atoms with Crippen LogP contribution in [0.5, 0.6) is 5.75 Å². The highest BCUT2D eigenvalue weighted by Gasteiger charge is 2.15. The van der Waals surface area contributed by atoms with Gasteiger partial charge >= 0.3 is 0 Å². The minimum atomic E-state index is -0.115. The van der Waals surface area contributed by atoms with E-state index >= 15 is 0 Å². The van der Waals surface area contributed by atoms with Gasteiger partial charge in [-0.3, -0.25) is 4.79 Å². The average molecular weight is 383 g/mol. The van der Waals surface area contributed by atoms with Crippen LogP contribution in [0.4, 0.5) is 5.69 Å². The van der Waals surface area contributed by atoms with Crippen molar-refractivity contribution in [2.45, 2.75) is 25.5 Å². The summed E-state index contributed by atoms with van der Waals surface area (Å²) in [7, 11) is 0. The summed E-state index contributed by atoms with van der Waals surface area (Å²) in [5.74, 6) is 1.13. The predicted octanol–water partition coefficient (Wildman–Crippen LogP) is 4.43. The molecule has 0 atom stereocenters. The van der Waals surface area contributed by atoms with Crippen LogP contribution in [0.1, 0.15) is 19.4 Å². The number of hydrogen-bond acceptors (Lipinski definition) is 6. The Kier molecular flexibility index (Phi) is 6.49. The molecule has 0 radical (unpaired) electrons. The lowest BCUT2D eigenvalue weighted by Gasteiger charge is -2.08. The smallest absolute Gasteiger partial charge is 0.277 e. The van der Waals surface area contributed by atoms with Gasteiger partial charge in [0.2, 0.25) is 5.91 Å². The van der Waals surface area contributed by atoms with Crippen molar-refractivity contribution < 1.29 is 13.9 Å². The number of carbonyl (C=O) groups is 1. The van der Waals surface area contributed by atoms with Crippen LogP contribution in [0.3, 0.4) is 0 Å². The molecule has 0 unspecified atom stereocenters. The topological polar surface area (TPSA) is 77.2 Å². The Labute approximate surface area is 162 Å². The van der Waals surface area contributed by atoms with Gasteiger partial charge in [-0.25, -0.2) is 0 Å². The van der Waals surface area contributed by atoms with Gasteiger partial charge in [-0.15, -0.1) is 10.2 Å². The van der Waals surface area contributed by atoms with E-state index in [1.807, 2.05) is 55.5 Å². The molecule has 0 aliphatic heterocycles. The summed E-state index contributed by atoms with van der Waals surface area (Å²) in [6.45, 7) is 4.52. The Morgan fingerprint density at radius 1 is 1.11 bits per heavy atom. The van der Waals surface area contributed by atoms with E-state index in [1.165, 1.54) is 11.8 Å². The molecule has 2 aromatic carbocycles. The molecular weight excluding hydrogens is 362 g/mol. The second-order valence-corrected chi connectivity index (χ2v) is 6.58. The molecule has 3 aromatic rings. The lowest BCUT2D eigenvalue weighted by Crippen LogP contribution is -2.15. The number of aryl methyl sites for hydroxylation is 1. The molecular formula is C20H21N3O3S. The monoisotopic (exact) mass is 383 g/mol. The molecule has 7 heteroatoms. The van der Waals surface area contributed by atoms with Crippen molar-refractivity contribution in [1.82, 2.24) is 10.2 Å². The van der Waals surface area contributed by atoms with Crippen LogP contribution in [0.2, 0.25) is 0 Å². The Hall–Kier alpha value is -2.80. The maximum atomic E-state index is 12.2. The van der Waals surface area contributed by atoms with Gasteiger partial charge < -0.3 is 14.5 Å². The molecule has 140 valence electrons. The first-order valence-corrected chi connectivity index (χ1v) is 9.76. The Morgan fingerprint density at radius 2 is 1.89 bits per heavy atom. The zero-order valence-corrected chi connectivity index (χ0v) is 16.1. The van der Waals surface area contributed by atoms with Crippen molar-refractivity contribution in [3.63, 3.8) is 0 Å². The lowest BCUT2D eigenvalue weighted by atomic mass is 10.1. The molecule has 0 saturated heterocycles. The summed E-state index contributed by atoms with van der Waals surface area (Å²) >= 11 is 1.20. The molecule has 1 N–H and O–H groups in total. The minimum Gasteiger partial charge on any atom is -0.493 e. The highest BCUT2D eigenvalue weighted by atomic mass is 32.2. The van der Waals surface area contributed by atoms with Gasteiger partial charge in [0.15, 0.2) is 0 Å². The molecule has 0 aliphatic rings. The standard InChI is InChI=1S/C20H21N3O3S/c1-3-14-9-5-7-11-16(14)21-18(24)13-27-20-23-22-19(26-20)15-10-6-8-12-17(15)25-4-2/h5-12H,3-4,13H2,1-2H3,(H,21,24). The normalized spacial score (nSPS) is 10.6. The van der Waals surface area contributed by atoms with E-state index in [2.05, 4.69) is 22.4 Å². The van der Waals surface area contributed by atoms with Crippen LogP contribution in [0, 0.1) is 0 Å². The van der Waals surface area contributed by atoms with Gasteiger partial charge in [0.25, 0.3) is 11.1 Å². The first-order chi connectivity index (χ1) is 13.2. The summed E-state index contributed by atoms with van der Waals surface area (Å²) in [6.07, 6.45) is 0.857. The molecule has 0 spiro atoms. The number of nitrogens with one attached hydrogen (secondary N) is 1. The Morgan fingerprint density at radius 3 is 2.70 bits per heavy atom. The molecule has 1 aromatic heterocycles. The van der Waals surface area contributed by atoms with Crippen LogP contribution in [0.25, 0.3) is 11.5 Å². The molecule has 27 heavy (non-hydrogen) atoms. The molecule has 1 amide bonds. The summed E-state index contributed by atoms with van der Waals surface area (Å²) in [5, 5.41) is 11.4. The van der Waals surface area contributed by atoms with Crippen LogP contribution in [-0.4, -0.2) is 28.5 Å². The largest absolute Gasteiger partial charge is 0.493 e. The number of rotatable bonds is 8. The molecule has 0 bridgehead atoms. The molecule has 6 nitrogen and oxygen atoms in total. The van der Waals surface area contributed by atoms with Crippen molar-refractivity contribution in [2.24, 2.45) is 0 Å². The number of ether oxygens (including phenoxy) is 1. The number of benzene rings is 2. The van der Waals surface area contributed by atoms with Gasteiger partial charge in [0.05, 0.1) is 17.9 Å². The minimum absolute atomic E-state index is 0.115. The van der Waals surface area contributed by atoms with E-state index in [9.17, 15) is 4.79 Å². The summed E-state index contributed by atoms with van der Waals surface area (Å²) in [4.78, 5) is 12.2. The van der Waals surface area contributed by atoms with Crippen LogP contribution >= 0.6 is 11.8 Å². The first-order valence-electron chi connectivity index (χ1n) is 8.77. The van der Waals surface area contributed by atoms with Gasteiger partial charge in [-0.1, -0.05) is 49.0 Å². The van der Waals surface area contributed by atoms with E-state index in [1.54, 1.807) is 0 Å². The zero-order valence-electron chi connectivity index (χ0n) is 15.3. The number of nitrogens with zero attached hydrogens (tertiary/aromatic N) is 2. The van der Waals surface area contributed by atoms with Gasteiger partial charge in [-0.05, 0) is 37.1 Å². The zero-order chi connectivity index (χ0) is 19.1. The van der Waals surface area contributed by atoms with Crippen molar-refractivity contribution in [3.8, 4) is 17.2 Å². The van der Waals surface area contributed by atoms with Crippen LogP contribution in [-0.2, 0) is 11.2 Å². The fraction of sp³-hybridized carbons (Fsp3) is 0.250. The Bertz CT molecular complexity index is 911. The number of para-hydroxylation sites is 2. The Balaban J connectivity index is 1.62. The van der Waals surface area contributed by atoms with E-state index in [0.717, 1.165) is 23.2 Å². The number of carbonyl (C=O) groups excluding carboxylic acids is 1. The SMILES string of the molecule is CCOc1ccccc1-c1nnc(SCC(=O)Nc2ccccc2CC)o1. The molecule has 0 aliphatic carbocycles. The van der Waals surface area contributed by atoms with Crippen LogP contribution < -0.4 is 10.1 Å². The third kappa shape index (κ3) is 4.89. The van der Waals surface area contributed by atoms with E-state index in [0.29, 0.717) is 23.5 Å². The second kappa shape index (κ2) is 9.23. The van der Waals surface area contributed by atoms with Gasteiger partial charge in [0, 0.05) is 5.69 Å². The van der Waals surface area contributed by atoms with Crippen LogP contribution in [0.15, 0.2) is 58.2 Å². The molecule has 3 rings (SSSR count). The quantitative estimate of drug-likeness (QED) is 0.580. The molecule has 0 saturated carbocycles. The fourth-order valence-electron chi connectivity index (χ4n) is 2.57. The second-order valence-electron chi connectivity index (χ2n) is 5.65. The number of hydrogen-bond donors (Lipinski definition) is 1. The number of amides is 1. The average Bonchev–Trinajstić information content (AvgIpc) is 3.16.